The van der Waals surface area contributed by atoms with Crippen LogP contribution in [0.1, 0.15) is 19.4 Å². The van der Waals surface area contributed by atoms with Gasteiger partial charge in [0.05, 0.1) is 28.2 Å². The Labute approximate surface area is 197 Å². The van der Waals surface area contributed by atoms with E-state index in [1.807, 2.05) is 19.2 Å². The summed E-state index contributed by atoms with van der Waals surface area (Å²) in [5.74, 6) is 0.534. The number of nitrogens with one attached hydrogen (secondary N) is 1. The van der Waals surface area contributed by atoms with Crippen molar-refractivity contribution in [3.05, 3.63) is 65.4 Å². The van der Waals surface area contributed by atoms with Crippen molar-refractivity contribution in [2.24, 2.45) is 0 Å². The van der Waals surface area contributed by atoms with E-state index in [2.05, 4.69) is 25.5 Å². The van der Waals surface area contributed by atoms with Crippen LogP contribution in [-0.4, -0.2) is 40.9 Å². The lowest BCUT2D eigenvalue weighted by Crippen LogP contribution is -2.13. The van der Waals surface area contributed by atoms with Crippen LogP contribution in [0.2, 0.25) is 5.02 Å². The summed E-state index contributed by atoms with van der Waals surface area (Å²) in [7, 11) is -1.49. The Kier molecular flexibility index (Phi) is 6.55. The molecule has 0 aliphatic rings. The summed E-state index contributed by atoms with van der Waals surface area (Å²) in [5.41, 5.74) is 3.35. The standard InChI is InChI=1S/C23H22ClN5O3S/c1-14(2)33(30,31)18-8-6-15(7-9-18)20-12-26-13-21(27-20)23-29-28-22(32-23)16-4-5-17(11-25-3)19(24)10-16/h4-10,12-14,25H,11H2,1-3H3. The van der Waals surface area contributed by atoms with E-state index in [4.69, 9.17) is 16.0 Å². The minimum atomic E-state index is -3.34. The van der Waals surface area contributed by atoms with Crippen molar-refractivity contribution >= 4 is 21.4 Å². The number of halogens is 1. The number of aromatic nitrogens is 4. The van der Waals surface area contributed by atoms with Crippen molar-refractivity contribution in [2.75, 3.05) is 7.05 Å². The van der Waals surface area contributed by atoms with Gasteiger partial charge in [-0.1, -0.05) is 29.8 Å². The molecule has 0 fully saturated rings. The third-order valence-corrected chi connectivity index (χ3v) is 7.57. The second kappa shape index (κ2) is 9.38. The molecule has 0 aliphatic carbocycles. The number of sulfone groups is 1. The van der Waals surface area contributed by atoms with Crippen molar-refractivity contribution in [3.8, 4) is 34.3 Å². The van der Waals surface area contributed by atoms with E-state index < -0.39 is 15.1 Å². The summed E-state index contributed by atoms with van der Waals surface area (Å²) >= 11 is 6.34. The maximum Gasteiger partial charge on any atom is 0.268 e. The predicted molar refractivity (Wildman–Crippen MR) is 126 cm³/mol. The highest BCUT2D eigenvalue weighted by molar-refractivity contribution is 7.92. The third-order valence-electron chi connectivity index (χ3n) is 5.05. The van der Waals surface area contributed by atoms with Gasteiger partial charge in [-0.05, 0) is 50.7 Å². The minimum absolute atomic E-state index is 0.216. The van der Waals surface area contributed by atoms with E-state index >= 15 is 0 Å². The van der Waals surface area contributed by atoms with Crippen molar-refractivity contribution in [3.63, 3.8) is 0 Å². The lowest BCUT2D eigenvalue weighted by Gasteiger charge is -2.08. The molecule has 4 rings (SSSR count). The van der Waals surface area contributed by atoms with Crippen LogP contribution in [0.25, 0.3) is 34.3 Å². The maximum atomic E-state index is 12.3. The van der Waals surface area contributed by atoms with E-state index in [9.17, 15) is 8.42 Å². The molecule has 0 bridgehead atoms. The molecule has 0 atom stereocenters. The fourth-order valence-corrected chi connectivity index (χ4v) is 4.46. The van der Waals surface area contributed by atoms with Crippen LogP contribution in [0.15, 0.2) is 64.2 Å². The van der Waals surface area contributed by atoms with E-state index in [0.29, 0.717) is 34.4 Å². The van der Waals surface area contributed by atoms with Crippen LogP contribution in [0, 0.1) is 0 Å². The topological polar surface area (TPSA) is 111 Å². The Morgan fingerprint density at radius 1 is 0.970 bits per heavy atom. The lowest BCUT2D eigenvalue weighted by atomic mass is 10.1. The molecule has 0 aliphatic heterocycles. The molecule has 0 saturated carbocycles. The Hall–Kier alpha value is -3.14. The molecule has 0 spiro atoms. The first-order chi connectivity index (χ1) is 15.8. The number of hydrogen-bond donors (Lipinski definition) is 1. The predicted octanol–water partition coefficient (Wildman–Crippen LogP) is 4.42. The van der Waals surface area contributed by atoms with Gasteiger partial charge < -0.3 is 9.73 Å². The van der Waals surface area contributed by atoms with Crippen LogP contribution < -0.4 is 5.32 Å². The van der Waals surface area contributed by atoms with Gasteiger partial charge in [0.15, 0.2) is 9.84 Å². The second-order valence-corrected chi connectivity index (χ2v) is 10.6. The molecular weight excluding hydrogens is 462 g/mol. The van der Waals surface area contributed by atoms with Crippen LogP contribution in [0.5, 0.6) is 0 Å². The first-order valence-electron chi connectivity index (χ1n) is 10.2. The van der Waals surface area contributed by atoms with Crippen LogP contribution in [-0.2, 0) is 16.4 Å². The second-order valence-electron chi connectivity index (χ2n) is 7.66. The number of rotatable bonds is 7. The molecule has 170 valence electrons. The Morgan fingerprint density at radius 3 is 2.30 bits per heavy atom. The van der Waals surface area contributed by atoms with Gasteiger partial charge in [0, 0.05) is 22.7 Å². The SMILES string of the molecule is CNCc1ccc(-c2nnc(-c3cncc(-c4ccc(S(=O)(=O)C(C)C)cc4)n3)o2)cc1Cl. The fourth-order valence-electron chi connectivity index (χ4n) is 3.15. The lowest BCUT2D eigenvalue weighted by molar-refractivity contribution is 0.581. The zero-order chi connectivity index (χ0) is 23.6. The van der Waals surface area contributed by atoms with Crippen molar-refractivity contribution < 1.29 is 12.8 Å². The molecular formula is C23H22ClN5O3S. The summed E-state index contributed by atoms with van der Waals surface area (Å²) < 4.78 is 30.5. The van der Waals surface area contributed by atoms with Crippen LogP contribution in [0.4, 0.5) is 0 Å². The monoisotopic (exact) mass is 483 g/mol. The normalized spacial score (nSPS) is 11.8. The molecule has 0 radical (unpaired) electrons. The maximum absolute atomic E-state index is 12.3. The zero-order valence-corrected chi connectivity index (χ0v) is 19.9. The molecule has 0 saturated heterocycles. The average Bonchev–Trinajstić information content (AvgIpc) is 3.31. The summed E-state index contributed by atoms with van der Waals surface area (Å²) in [4.78, 5) is 9.06. The molecule has 33 heavy (non-hydrogen) atoms. The van der Waals surface area contributed by atoms with Crippen molar-refractivity contribution in [1.82, 2.24) is 25.5 Å². The highest BCUT2D eigenvalue weighted by Crippen LogP contribution is 2.28. The smallest absolute Gasteiger partial charge is 0.268 e. The van der Waals surface area contributed by atoms with E-state index in [-0.39, 0.29) is 10.8 Å². The first-order valence-corrected chi connectivity index (χ1v) is 12.2. The van der Waals surface area contributed by atoms with Gasteiger partial charge in [0.2, 0.25) is 5.89 Å². The van der Waals surface area contributed by atoms with E-state index in [1.54, 1.807) is 50.4 Å². The molecule has 0 unspecified atom stereocenters. The van der Waals surface area contributed by atoms with Crippen LogP contribution >= 0.6 is 11.6 Å². The van der Waals surface area contributed by atoms with Gasteiger partial charge in [-0.15, -0.1) is 10.2 Å². The van der Waals surface area contributed by atoms with Gasteiger partial charge in [-0.25, -0.2) is 13.4 Å². The third kappa shape index (κ3) is 4.80. The number of nitrogens with zero attached hydrogens (tertiary/aromatic N) is 4. The molecule has 0 amide bonds. The van der Waals surface area contributed by atoms with Gasteiger partial charge in [0.25, 0.3) is 5.89 Å². The summed E-state index contributed by atoms with van der Waals surface area (Å²) in [5, 5.41) is 11.4. The quantitative estimate of drug-likeness (QED) is 0.411. The summed E-state index contributed by atoms with van der Waals surface area (Å²) in [6.07, 6.45) is 3.12. The molecule has 8 nitrogen and oxygen atoms in total. The number of benzene rings is 2. The largest absolute Gasteiger partial charge is 0.415 e. The first kappa shape index (κ1) is 23.0. The molecule has 4 aromatic rings. The zero-order valence-electron chi connectivity index (χ0n) is 18.3. The van der Waals surface area contributed by atoms with Gasteiger partial charge in [-0.3, -0.25) is 4.98 Å². The van der Waals surface area contributed by atoms with Gasteiger partial charge in [0.1, 0.15) is 5.69 Å². The Balaban J connectivity index is 1.60. The fraction of sp³-hybridized carbons (Fsp3) is 0.217. The Bertz CT molecular complexity index is 1390. The van der Waals surface area contributed by atoms with Crippen molar-refractivity contribution in [1.29, 1.82) is 0 Å². The molecule has 2 aromatic heterocycles. The summed E-state index contributed by atoms with van der Waals surface area (Å²) in [6, 6.07) is 12.1. The molecule has 2 heterocycles. The summed E-state index contributed by atoms with van der Waals surface area (Å²) in [6.45, 7) is 3.96. The van der Waals surface area contributed by atoms with Crippen LogP contribution in [0.3, 0.4) is 0 Å². The Morgan fingerprint density at radius 2 is 1.64 bits per heavy atom. The molecule has 2 aromatic carbocycles. The van der Waals surface area contributed by atoms with Gasteiger partial charge in [-0.2, -0.15) is 0 Å². The van der Waals surface area contributed by atoms with E-state index in [0.717, 1.165) is 11.1 Å². The average molecular weight is 484 g/mol. The van der Waals surface area contributed by atoms with Crippen molar-refractivity contribution in [2.45, 2.75) is 30.5 Å². The number of hydrogen-bond acceptors (Lipinski definition) is 8. The molecule has 1 N–H and O–H groups in total. The highest BCUT2D eigenvalue weighted by Gasteiger charge is 2.19. The van der Waals surface area contributed by atoms with E-state index in [1.165, 1.54) is 6.20 Å². The molecule has 10 heteroatoms. The highest BCUT2D eigenvalue weighted by atomic mass is 35.5. The van der Waals surface area contributed by atoms with Gasteiger partial charge >= 0.3 is 0 Å². The minimum Gasteiger partial charge on any atom is -0.415 e.